The summed E-state index contributed by atoms with van der Waals surface area (Å²) in [7, 11) is 0. The lowest BCUT2D eigenvalue weighted by Crippen LogP contribution is -2.40. The van der Waals surface area contributed by atoms with E-state index in [1.807, 2.05) is 6.07 Å². The van der Waals surface area contributed by atoms with Crippen LogP contribution in [-0.2, 0) is 4.79 Å². The summed E-state index contributed by atoms with van der Waals surface area (Å²) in [5.74, 6) is -0.312. The Bertz CT molecular complexity index is 380. The van der Waals surface area contributed by atoms with Crippen LogP contribution in [0.2, 0.25) is 0 Å². The van der Waals surface area contributed by atoms with Crippen LogP contribution >= 0.6 is 0 Å². The van der Waals surface area contributed by atoms with E-state index >= 15 is 0 Å². The molecule has 2 rings (SSSR count). The summed E-state index contributed by atoms with van der Waals surface area (Å²) >= 11 is 0. The van der Waals surface area contributed by atoms with Crippen LogP contribution < -0.4 is 0 Å². The number of aliphatic hydroxyl groups is 2. The van der Waals surface area contributed by atoms with E-state index in [9.17, 15) is 9.90 Å². The average Bonchev–Trinajstić information content (AvgIpc) is 2.86. The number of likely N-dealkylation sites (tertiary alicyclic amines) is 1. The van der Waals surface area contributed by atoms with Gasteiger partial charge in [-0.05, 0) is 18.4 Å². The third kappa shape index (κ3) is 2.48. The highest BCUT2D eigenvalue weighted by Gasteiger charge is 2.32. The molecule has 0 spiro atoms. The molecule has 1 aliphatic heterocycles. The van der Waals surface area contributed by atoms with Gasteiger partial charge in [0.05, 0.1) is 12.6 Å². The summed E-state index contributed by atoms with van der Waals surface area (Å²) in [6, 6.07) is 8.74. The van der Waals surface area contributed by atoms with E-state index in [-0.39, 0.29) is 18.6 Å². The molecule has 4 nitrogen and oxygen atoms in total. The molecule has 92 valence electrons. The van der Waals surface area contributed by atoms with Crippen molar-refractivity contribution in [2.75, 3.05) is 13.2 Å². The Morgan fingerprint density at radius 1 is 1.41 bits per heavy atom. The van der Waals surface area contributed by atoms with Crippen molar-refractivity contribution in [3.8, 4) is 0 Å². The van der Waals surface area contributed by atoms with Crippen molar-refractivity contribution in [3.05, 3.63) is 35.9 Å². The lowest BCUT2D eigenvalue weighted by molar-refractivity contribution is -0.142. The summed E-state index contributed by atoms with van der Waals surface area (Å²) in [5.41, 5.74) is 0.598. The first-order chi connectivity index (χ1) is 8.24. The lowest BCUT2D eigenvalue weighted by Gasteiger charge is -2.25. The summed E-state index contributed by atoms with van der Waals surface area (Å²) < 4.78 is 0. The molecule has 0 aliphatic carbocycles. The van der Waals surface area contributed by atoms with Gasteiger partial charge in [0, 0.05) is 6.54 Å². The highest BCUT2D eigenvalue weighted by Crippen LogP contribution is 2.22. The van der Waals surface area contributed by atoms with E-state index < -0.39 is 6.10 Å². The van der Waals surface area contributed by atoms with Crippen molar-refractivity contribution >= 4 is 5.91 Å². The van der Waals surface area contributed by atoms with Gasteiger partial charge in [0.2, 0.25) is 0 Å². The minimum atomic E-state index is -1.12. The molecule has 4 heteroatoms. The summed E-state index contributed by atoms with van der Waals surface area (Å²) in [6.07, 6.45) is 0.575. The minimum Gasteiger partial charge on any atom is -0.394 e. The van der Waals surface area contributed by atoms with Crippen LogP contribution in [0, 0.1) is 0 Å². The van der Waals surface area contributed by atoms with E-state index in [1.165, 1.54) is 0 Å². The molecular weight excluding hydrogens is 218 g/mol. The maximum atomic E-state index is 12.1. The first-order valence-corrected chi connectivity index (χ1v) is 5.88. The van der Waals surface area contributed by atoms with Gasteiger partial charge in [-0.2, -0.15) is 0 Å². The molecular formula is C13H17NO3. The number of hydrogen-bond donors (Lipinski definition) is 2. The molecule has 1 aromatic rings. The zero-order valence-corrected chi connectivity index (χ0v) is 9.62. The zero-order valence-electron chi connectivity index (χ0n) is 9.62. The van der Waals surface area contributed by atoms with Crippen molar-refractivity contribution in [2.24, 2.45) is 0 Å². The molecule has 1 aliphatic rings. The number of carbonyl (C=O) groups excluding carboxylic acids is 1. The van der Waals surface area contributed by atoms with Crippen LogP contribution in [0.15, 0.2) is 30.3 Å². The van der Waals surface area contributed by atoms with Gasteiger partial charge in [-0.1, -0.05) is 30.3 Å². The number of rotatable bonds is 3. The number of benzene rings is 1. The van der Waals surface area contributed by atoms with Gasteiger partial charge in [0.25, 0.3) is 5.91 Å². The Hall–Kier alpha value is -1.39. The number of hydrogen-bond acceptors (Lipinski definition) is 3. The fraction of sp³-hybridized carbons (Fsp3) is 0.462. The number of carbonyl (C=O) groups is 1. The number of nitrogens with zero attached hydrogens (tertiary/aromatic N) is 1. The molecule has 0 radical (unpaired) electrons. The van der Waals surface area contributed by atoms with E-state index in [4.69, 9.17) is 5.11 Å². The Balaban J connectivity index is 2.10. The SMILES string of the molecule is O=C([C@H](O)c1ccccc1)N1CCC[C@@H]1CO. The fourth-order valence-electron chi connectivity index (χ4n) is 2.25. The van der Waals surface area contributed by atoms with Crippen LogP contribution in [0.3, 0.4) is 0 Å². The molecule has 0 aromatic heterocycles. The van der Waals surface area contributed by atoms with Gasteiger partial charge < -0.3 is 15.1 Å². The average molecular weight is 235 g/mol. The molecule has 2 atom stereocenters. The van der Waals surface area contributed by atoms with Crippen LogP contribution in [0.25, 0.3) is 0 Å². The Labute approximate surface area is 100 Å². The fourth-order valence-corrected chi connectivity index (χ4v) is 2.25. The van der Waals surface area contributed by atoms with Gasteiger partial charge in [0.15, 0.2) is 6.10 Å². The van der Waals surface area contributed by atoms with Crippen molar-refractivity contribution in [1.82, 2.24) is 4.90 Å². The summed E-state index contributed by atoms with van der Waals surface area (Å²) in [4.78, 5) is 13.7. The predicted molar refractivity (Wildman–Crippen MR) is 63.2 cm³/mol. The quantitative estimate of drug-likeness (QED) is 0.811. The highest BCUT2D eigenvalue weighted by atomic mass is 16.3. The molecule has 0 unspecified atom stereocenters. The van der Waals surface area contributed by atoms with Gasteiger partial charge in [-0.15, -0.1) is 0 Å². The number of aliphatic hydroxyl groups excluding tert-OH is 2. The Morgan fingerprint density at radius 2 is 2.12 bits per heavy atom. The third-order valence-electron chi connectivity index (χ3n) is 3.22. The van der Waals surface area contributed by atoms with E-state index in [1.54, 1.807) is 29.2 Å². The molecule has 0 saturated carbocycles. The molecule has 2 N–H and O–H groups in total. The second-order valence-electron chi connectivity index (χ2n) is 4.32. The maximum absolute atomic E-state index is 12.1. The predicted octanol–water partition coefficient (Wildman–Crippen LogP) is 0.703. The van der Waals surface area contributed by atoms with Crippen molar-refractivity contribution in [2.45, 2.75) is 25.0 Å². The van der Waals surface area contributed by atoms with E-state index in [2.05, 4.69) is 0 Å². The van der Waals surface area contributed by atoms with Crippen LogP contribution in [0.4, 0.5) is 0 Å². The summed E-state index contributed by atoms with van der Waals surface area (Å²) in [5, 5.41) is 19.2. The van der Waals surface area contributed by atoms with Crippen LogP contribution in [-0.4, -0.2) is 40.2 Å². The highest BCUT2D eigenvalue weighted by molar-refractivity contribution is 5.82. The van der Waals surface area contributed by atoms with Crippen molar-refractivity contribution in [3.63, 3.8) is 0 Å². The van der Waals surface area contributed by atoms with E-state index in [0.29, 0.717) is 12.1 Å². The molecule has 1 fully saturated rings. The largest absolute Gasteiger partial charge is 0.394 e. The lowest BCUT2D eigenvalue weighted by atomic mass is 10.1. The smallest absolute Gasteiger partial charge is 0.256 e. The standard InChI is InChI=1S/C13H17NO3/c15-9-11-7-4-8-14(11)13(17)12(16)10-5-2-1-3-6-10/h1-3,5-6,11-12,15-16H,4,7-9H2/t11-,12-/m1/s1. The molecule has 1 aromatic carbocycles. The molecule has 1 saturated heterocycles. The minimum absolute atomic E-state index is 0.0345. The molecule has 1 heterocycles. The zero-order chi connectivity index (χ0) is 12.3. The normalized spacial score (nSPS) is 21.5. The summed E-state index contributed by atoms with van der Waals surface area (Å²) in [6.45, 7) is 0.585. The second-order valence-corrected chi connectivity index (χ2v) is 4.32. The monoisotopic (exact) mass is 235 g/mol. The second kappa shape index (κ2) is 5.29. The van der Waals surface area contributed by atoms with Gasteiger partial charge in [0.1, 0.15) is 0 Å². The van der Waals surface area contributed by atoms with E-state index in [0.717, 1.165) is 12.8 Å². The topological polar surface area (TPSA) is 60.8 Å². The van der Waals surface area contributed by atoms with Crippen molar-refractivity contribution < 1.29 is 15.0 Å². The molecule has 0 bridgehead atoms. The maximum Gasteiger partial charge on any atom is 0.256 e. The van der Waals surface area contributed by atoms with Crippen LogP contribution in [0.1, 0.15) is 24.5 Å². The molecule has 1 amide bonds. The Kier molecular flexibility index (Phi) is 3.76. The van der Waals surface area contributed by atoms with Crippen LogP contribution in [0.5, 0.6) is 0 Å². The Morgan fingerprint density at radius 3 is 2.76 bits per heavy atom. The van der Waals surface area contributed by atoms with Gasteiger partial charge >= 0.3 is 0 Å². The van der Waals surface area contributed by atoms with Gasteiger partial charge in [-0.3, -0.25) is 4.79 Å². The van der Waals surface area contributed by atoms with Gasteiger partial charge in [-0.25, -0.2) is 0 Å². The number of amides is 1. The van der Waals surface area contributed by atoms with Crippen molar-refractivity contribution in [1.29, 1.82) is 0 Å². The first kappa shape index (κ1) is 12.1. The first-order valence-electron chi connectivity index (χ1n) is 5.88. The third-order valence-corrected chi connectivity index (χ3v) is 3.22. The molecule has 17 heavy (non-hydrogen) atoms.